The van der Waals surface area contributed by atoms with E-state index in [1.165, 1.54) is 51.4 Å². The van der Waals surface area contributed by atoms with Crippen LogP contribution < -0.4 is 5.73 Å². The van der Waals surface area contributed by atoms with Crippen LogP contribution >= 0.6 is 0 Å². The number of nitrogens with two attached hydrogens (primary N) is 1. The minimum atomic E-state index is -0.131. The Kier molecular flexibility index (Phi) is 9.65. The maximum atomic E-state index is 10.9. The molecule has 0 radical (unpaired) electrons. The van der Waals surface area contributed by atoms with Gasteiger partial charge in [0.15, 0.2) is 0 Å². The van der Waals surface area contributed by atoms with Crippen LogP contribution in [0.3, 0.4) is 0 Å². The molecule has 0 spiro atoms. The molecule has 0 aromatic carbocycles. The van der Waals surface area contributed by atoms with Crippen molar-refractivity contribution < 1.29 is 4.79 Å². The van der Waals surface area contributed by atoms with Gasteiger partial charge in [0.2, 0.25) is 5.91 Å². The minimum absolute atomic E-state index is 0.131. The molecule has 0 aromatic rings. The van der Waals surface area contributed by atoms with Crippen LogP contribution in [0.25, 0.3) is 0 Å². The Balaban J connectivity index is 3.68. The lowest BCUT2D eigenvalue weighted by Gasteiger charge is -2.14. The predicted molar refractivity (Wildman–Crippen MR) is 65.6 cm³/mol. The van der Waals surface area contributed by atoms with Crippen molar-refractivity contribution in [3.63, 3.8) is 0 Å². The largest absolute Gasteiger partial charge is 0.370 e. The average molecular weight is 213 g/mol. The molecule has 0 aromatic heterocycles. The first kappa shape index (κ1) is 14.5. The van der Waals surface area contributed by atoms with Crippen LogP contribution in [0.5, 0.6) is 0 Å². The van der Waals surface area contributed by atoms with Gasteiger partial charge in [-0.05, 0) is 18.8 Å². The molecule has 15 heavy (non-hydrogen) atoms. The van der Waals surface area contributed by atoms with Gasteiger partial charge in [-0.15, -0.1) is 0 Å². The molecule has 2 heteroatoms. The van der Waals surface area contributed by atoms with E-state index in [9.17, 15) is 4.79 Å². The first-order valence-corrected chi connectivity index (χ1v) is 6.49. The second kappa shape index (κ2) is 10.0. The van der Waals surface area contributed by atoms with Crippen molar-refractivity contribution in [2.24, 2.45) is 11.7 Å². The molecule has 0 fully saturated rings. The van der Waals surface area contributed by atoms with Crippen LogP contribution in [0.15, 0.2) is 0 Å². The highest BCUT2D eigenvalue weighted by atomic mass is 16.1. The minimum Gasteiger partial charge on any atom is -0.370 e. The summed E-state index contributed by atoms with van der Waals surface area (Å²) in [6.45, 7) is 4.42. The summed E-state index contributed by atoms with van der Waals surface area (Å²) >= 11 is 0. The zero-order valence-electron chi connectivity index (χ0n) is 10.4. The molecule has 0 atom stereocenters. The van der Waals surface area contributed by atoms with E-state index in [-0.39, 0.29) is 5.91 Å². The topological polar surface area (TPSA) is 43.1 Å². The second-order valence-electron chi connectivity index (χ2n) is 4.53. The molecule has 90 valence electrons. The van der Waals surface area contributed by atoms with Gasteiger partial charge < -0.3 is 5.73 Å². The fourth-order valence-electron chi connectivity index (χ4n) is 2.00. The summed E-state index contributed by atoms with van der Waals surface area (Å²) in [5.41, 5.74) is 5.26. The summed E-state index contributed by atoms with van der Waals surface area (Å²) in [6.07, 6.45) is 10.5. The first-order valence-electron chi connectivity index (χ1n) is 6.49. The fraction of sp³-hybridized carbons (Fsp3) is 0.923. The molecular formula is C13H27NO. The lowest BCUT2D eigenvalue weighted by molar-refractivity contribution is -0.119. The lowest BCUT2D eigenvalue weighted by Crippen LogP contribution is -2.16. The number of hydrogen-bond donors (Lipinski definition) is 1. The zero-order valence-corrected chi connectivity index (χ0v) is 10.4. The summed E-state index contributed by atoms with van der Waals surface area (Å²) < 4.78 is 0. The molecule has 0 aliphatic rings. The van der Waals surface area contributed by atoms with E-state index in [1.807, 2.05) is 0 Å². The molecule has 0 unspecified atom stereocenters. The molecule has 0 aliphatic carbocycles. The third-order valence-corrected chi connectivity index (χ3v) is 2.92. The zero-order chi connectivity index (χ0) is 11.5. The average Bonchev–Trinajstić information content (AvgIpc) is 2.17. The summed E-state index contributed by atoms with van der Waals surface area (Å²) in [5.74, 6) is 0.411. The number of amides is 1. The number of unbranched alkanes of at least 4 members (excludes halogenated alkanes) is 4. The van der Waals surface area contributed by atoms with Crippen molar-refractivity contribution in [1.29, 1.82) is 0 Å². The summed E-state index contributed by atoms with van der Waals surface area (Å²) in [7, 11) is 0. The molecule has 0 heterocycles. The Morgan fingerprint density at radius 3 is 1.80 bits per heavy atom. The molecule has 0 aliphatic heterocycles. The van der Waals surface area contributed by atoms with Crippen LogP contribution in [0, 0.1) is 5.92 Å². The standard InChI is InChI=1S/C13H27NO/c1-3-5-7-9-12(11-13(14)15)10-8-6-4-2/h12H,3-11H2,1-2H3,(H2,14,15). The number of carbonyl (C=O) groups excluding carboxylic acids is 1. The Morgan fingerprint density at radius 2 is 1.47 bits per heavy atom. The van der Waals surface area contributed by atoms with Gasteiger partial charge in [-0.2, -0.15) is 0 Å². The number of primary amides is 1. The van der Waals surface area contributed by atoms with Crippen molar-refractivity contribution in [2.75, 3.05) is 0 Å². The third-order valence-electron chi connectivity index (χ3n) is 2.92. The van der Waals surface area contributed by atoms with Gasteiger partial charge in [-0.25, -0.2) is 0 Å². The third kappa shape index (κ3) is 9.77. The van der Waals surface area contributed by atoms with Crippen LogP contribution in [-0.2, 0) is 4.79 Å². The van der Waals surface area contributed by atoms with Crippen molar-refractivity contribution in [3.05, 3.63) is 0 Å². The number of hydrogen-bond acceptors (Lipinski definition) is 1. The Labute approximate surface area is 94.6 Å². The van der Waals surface area contributed by atoms with E-state index in [0.29, 0.717) is 12.3 Å². The first-order chi connectivity index (χ1) is 7.20. The number of rotatable bonds is 10. The summed E-state index contributed by atoms with van der Waals surface area (Å²) in [6, 6.07) is 0. The van der Waals surface area contributed by atoms with Crippen LogP contribution in [-0.4, -0.2) is 5.91 Å². The Morgan fingerprint density at radius 1 is 1.00 bits per heavy atom. The maximum absolute atomic E-state index is 10.9. The monoisotopic (exact) mass is 213 g/mol. The fourth-order valence-corrected chi connectivity index (χ4v) is 2.00. The van der Waals surface area contributed by atoms with E-state index in [0.717, 1.165) is 0 Å². The normalized spacial score (nSPS) is 10.9. The lowest BCUT2D eigenvalue weighted by atomic mass is 9.92. The van der Waals surface area contributed by atoms with Gasteiger partial charge in [0.25, 0.3) is 0 Å². The van der Waals surface area contributed by atoms with E-state index < -0.39 is 0 Å². The van der Waals surface area contributed by atoms with Gasteiger partial charge in [0, 0.05) is 6.42 Å². The highest BCUT2D eigenvalue weighted by Crippen LogP contribution is 2.20. The molecule has 0 rings (SSSR count). The predicted octanol–water partition coefficient (Wildman–Crippen LogP) is 3.64. The van der Waals surface area contributed by atoms with Gasteiger partial charge in [0.05, 0.1) is 0 Å². The summed E-state index contributed by atoms with van der Waals surface area (Å²) in [4.78, 5) is 10.9. The Bertz CT molecular complexity index is 147. The van der Waals surface area contributed by atoms with E-state index >= 15 is 0 Å². The van der Waals surface area contributed by atoms with Crippen molar-refractivity contribution in [1.82, 2.24) is 0 Å². The molecule has 0 bridgehead atoms. The maximum Gasteiger partial charge on any atom is 0.217 e. The smallest absolute Gasteiger partial charge is 0.217 e. The van der Waals surface area contributed by atoms with E-state index in [2.05, 4.69) is 13.8 Å². The Hall–Kier alpha value is -0.530. The SMILES string of the molecule is CCCCCC(CCCCC)CC(N)=O. The van der Waals surface area contributed by atoms with Gasteiger partial charge in [-0.3, -0.25) is 4.79 Å². The van der Waals surface area contributed by atoms with Gasteiger partial charge in [0.1, 0.15) is 0 Å². The molecule has 0 saturated heterocycles. The molecule has 1 amide bonds. The van der Waals surface area contributed by atoms with Crippen LogP contribution in [0.4, 0.5) is 0 Å². The van der Waals surface area contributed by atoms with Crippen molar-refractivity contribution in [2.45, 2.75) is 71.6 Å². The van der Waals surface area contributed by atoms with E-state index in [1.54, 1.807) is 0 Å². The van der Waals surface area contributed by atoms with Crippen LogP contribution in [0.1, 0.15) is 71.6 Å². The van der Waals surface area contributed by atoms with Crippen molar-refractivity contribution >= 4 is 5.91 Å². The highest BCUT2D eigenvalue weighted by molar-refractivity contribution is 5.73. The highest BCUT2D eigenvalue weighted by Gasteiger charge is 2.10. The summed E-state index contributed by atoms with van der Waals surface area (Å²) in [5, 5.41) is 0. The molecule has 0 saturated carbocycles. The van der Waals surface area contributed by atoms with E-state index in [4.69, 9.17) is 5.73 Å². The second-order valence-corrected chi connectivity index (χ2v) is 4.53. The molecule has 2 N–H and O–H groups in total. The molecule has 2 nitrogen and oxygen atoms in total. The number of carbonyl (C=O) groups is 1. The van der Waals surface area contributed by atoms with Gasteiger partial charge >= 0.3 is 0 Å². The quantitative estimate of drug-likeness (QED) is 0.553. The van der Waals surface area contributed by atoms with Gasteiger partial charge in [-0.1, -0.05) is 52.4 Å². The van der Waals surface area contributed by atoms with Crippen molar-refractivity contribution in [3.8, 4) is 0 Å². The van der Waals surface area contributed by atoms with Crippen LogP contribution in [0.2, 0.25) is 0 Å². The molecular weight excluding hydrogens is 186 g/mol.